The molecule has 134 valence electrons. The number of carbonyl (C=O) groups excluding carboxylic acids is 2. The number of benzene rings is 2. The zero-order valence-corrected chi connectivity index (χ0v) is 14.7. The van der Waals surface area contributed by atoms with Gasteiger partial charge in [0.15, 0.2) is 11.7 Å². The molecule has 1 aromatic heterocycles. The molecule has 3 rings (SSSR count). The Labute approximate surface area is 151 Å². The molecule has 0 saturated heterocycles. The summed E-state index contributed by atoms with van der Waals surface area (Å²) in [4.78, 5) is 24.3. The van der Waals surface area contributed by atoms with Crippen molar-refractivity contribution in [3.05, 3.63) is 59.8 Å². The van der Waals surface area contributed by atoms with Crippen LogP contribution < -0.4 is 5.32 Å². The number of esters is 1. The summed E-state index contributed by atoms with van der Waals surface area (Å²) in [6, 6.07) is 14.8. The second kappa shape index (κ2) is 7.82. The Balaban J connectivity index is 1.56. The monoisotopic (exact) mass is 352 g/mol. The van der Waals surface area contributed by atoms with Crippen molar-refractivity contribution in [3.63, 3.8) is 0 Å². The van der Waals surface area contributed by atoms with Crippen molar-refractivity contribution >= 4 is 28.5 Å². The number of amides is 1. The summed E-state index contributed by atoms with van der Waals surface area (Å²) in [5.74, 6) is -0.916. The molecule has 0 bridgehead atoms. The average molecular weight is 352 g/mol. The van der Waals surface area contributed by atoms with Crippen molar-refractivity contribution in [2.75, 3.05) is 5.32 Å². The number of para-hydroxylation sites is 1. The van der Waals surface area contributed by atoms with Crippen LogP contribution in [0.3, 0.4) is 0 Å². The van der Waals surface area contributed by atoms with Crippen LogP contribution in [-0.4, -0.2) is 23.1 Å². The van der Waals surface area contributed by atoms with Crippen LogP contribution in [0.5, 0.6) is 0 Å². The van der Waals surface area contributed by atoms with Crippen LogP contribution in [0.25, 0.3) is 11.0 Å². The van der Waals surface area contributed by atoms with Gasteiger partial charge in [0.1, 0.15) is 5.69 Å². The fourth-order valence-electron chi connectivity index (χ4n) is 2.56. The smallest absolute Gasteiger partial charge is 0.312 e. The van der Waals surface area contributed by atoms with E-state index in [9.17, 15) is 9.59 Å². The first kappa shape index (κ1) is 17.7. The number of aryl methyl sites for hydroxylation is 1. The van der Waals surface area contributed by atoms with Crippen LogP contribution in [0.15, 0.2) is 53.1 Å². The molecular formula is C20H20N2O4. The maximum Gasteiger partial charge on any atom is 0.312 e. The van der Waals surface area contributed by atoms with Crippen molar-refractivity contribution < 1.29 is 18.8 Å². The number of hydrogen-bond acceptors (Lipinski definition) is 5. The molecule has 26 heavy (non-hydrogen) atoms. The summed E-state index contributed by atoms with van der Waals surface area (Å²) in [7, 11) is 0. The van der Waals surface area contributed by atoms with Gasteiger partial charge < -0.3 is 14.6 Å². The topological polar surface area (TPSA) is 81.4 Å². The molecule has 6 heteroatoms. The van der Waals surface area contributed by atoms with Gasteiger partial charge in [-0.25, -0.2) is 0 Å². The van der Waals surface area contributed by atoms with E-state index in [1.807, 2.05) is 42.5 Å². The molecule has 0 radical (unpaired) electrons. The van der Waals surface area contributed by atoms with E-state index < -0.39 is 12.1 Å². The summed E-state index contributed by atoms with van der Waals surface area (Å²) in [6.45, 7) is 3.60. The molecule has 0 aliphatic heterocycles. The normalized spacial score (nSPS) is 11.9. The number of nitrogens with zero attached hydrogens (tertiary/aromatic N) is 1. The van der Waals surface area contributed by atoms with Gasteiger partial charge in [0, 0.05) is 11.1 Å². The molecular weight excluding hydrogens is 332 g/mol. The molecule has 1 N–H and O–H groups in total. The fourth-order valence-corrected chi connectivity index (χ4v) is 2.56. The maximum atomic E-state index is 12.2. The first-order chi connectivity index (χ1) is 12.6. The van der Waals surface area contributed by atoms with E-state index in [4.69, 9.17) is 9.26 Å². The Morgan fingerprint density at radius 1 is 1.15 bits per heavy atom. The van der Waals surface area contributed by atoms with Gasteiger partial charge >= 0.3 is 5.97 Å². The van der Waals surface area contributed by atoms with E-state index in [-0.39, 0.29) is 12.3 Å². The van der Waals surface area contributed by atoms with Gasteiger partial charge in [-0.2, -0.15) is 0 Å². The molecule has 1 heterocycles. The second-order valence-corrected chi connectivity index (χ2v) is 5.97. The Bertz CT molecular complexity index is 915. The lowest BCUT2D eigenvalue weighted by Crippen LogP contribution is -2.30. The molecule has 0 spiro atoms. The predicted octanol–water partition coefficient (Wildman–Crippen LogP) is 3.50. The van der Waals surface area contributed by atoms with Gasteiger partial charge in [-0.1, -0.05) is 36.3 Å². The highest BCUT2D eigenvalue weighted by molar-refractivity contribution is 5.95. The van der Waals surface area contributed by atoms with Crippen LogP contribution in [0, 0.1) is 0 Å². The maximum absolute atomic E-state index is 12.2. The fraction of sp³-hybridized carbons (Fsp3) is 0.250. The molecule has 1 atom stereocenters. The largest absolute Gasteiger partial charge is 0.452 e. The molecule has 2 aromatic carbocycles. The summed E-state index contributed by atoms with van der Waals surface area (Å²) in [5, 5.41) is 7.39. The third-order valence-corrected chi connectivity index (χ3v) is 4.07. The van der Waals surface area contributed by atoms with Crippen molar-refractivity contribution in [3.8, 4) is 0 Å². The van der Waals surface area contributed by atoms with Crippen LogP contribution in [0.4, 0.5) is 5.69 Å². The van der Waals surface area contributed by atoms with Crippen molar-refractivity contribution in [2.24, 2.45) is 0 Å². The quantitative estimate of drug-likeness (QED) is 0.687. The summed E-state index contributed by atoms with van der Waals surface area (Å²) in [5.41, 5.74) is 2.95. The molecule has 0 aliphatic carbocycles. The van der Waals surface area contributed by atoms with E-state index >= 15 is 0 Å². The molecule has 0 unspecified atom stereocenters. The van der Waals surface area contributed by atoms with Gasteiger partial charge in [-0.05, 0) is 43.2 Å². The average Bonchev–Trinajstić information content (AvgIpc) is 3.05. The van der Waals surface area contributed by atoms with Gasteiger partial charge in [0.05, 0.1) is 6.42 Å². The van der Waals surface area contributed by atoms with Gasteiger partial charge in [-0.3, -0.25) is 9.59 Å². The highest BCUT2D eigenvalue weighted by Crippen LogP contribution is 2.18. The third-order valence-electron chi connectivity index (χ3n) is 4.07. The van der Waals surface area contributed by atoms with Crippen LogP contribution in [0.1, 0.15) is 25.1 Å². The van der Waals surface area contributed by atoms with Crippen molar-refractivity contribution in [1.29, 1.82) is 0 Å². The third kappa shape index (κ3) is 4.08. The molecule has 0 saturated carbocycles. The summed E-state index contributed by atoms with van der Waals surface area (Å²) >= 11 is 0. The highest BCUT2D eigenvalue weighted by Gasteiger charge is 2.20. The second-order valence-electron chi connectivity index (χ2n) is 5.97. The number of hydrogen-bond donors (Lipinski definition) is 1. The van der Waals surface area contributed by atoms with E-state index in [1.165, 1.54) is 12.5 Å². The minimum Gasteiger partial charge on any atom is -0.452 e. The Kier molecular flexibility index (Phi) is 5.31. The summed E-state index contributed by atoms with van der Waals surface area (Å²) in [6.07, 6.45) is -0.0368. The Hall–Kier alpha value is -3.15. The number of nitrogens with one attached hydrogen (secondary N) is 1. The van der Waals surface area contributed by atoms with Gasteiger partial charge in [-0.15, -0.1) is 0 Å². The van der Waals surface area contributed by atoms with Crippen molar-refractivity contribution in [2.45, 2.75) is 32.8 Å². The van der Waals surface area contributed by atoms with Gasteiger partial charge in [0.25, 0.3) is 5.91 Å². The van der Waals surface area contributed by atoms with E-state index in [1.54, 1.807) is 6.07 Å². The highest BCUT2D eigenvalue weighted by atomic mass is 16.5. The lowest BCUT2D eigenvalue weighted by molar-refractivity contribution is -0.152. The van der Waals surface area contributed by atoms with Crippen molar-refractivity contribution in [1.82, 2.24) is 5.16 Å². The standard InChI is InChI=1S/C20H20N2O4/c1-3-14-8-10-15(11-9-14)21-20(24)13(2)25-19(23)12-17-16-6-4-5-7-18(16)26-22-17/h4-11,13H,3,12H2,1-2H3,(H,21,24)/t13-/m0/s1. The Morgan fingerprint density at radius 3 is 2.62 bits per heavy atom. The molecule has 6 nitrogen and oxygen atoms in total. The molecule has 3 aromatic rings. The van der Waals surface area contributed by atoms with E-state index in [2.05, 4.69) is 17.4 Å². The summed E-state index contributed by atoms with van der Waals surface area (Å²) < 4.78 is 10.4. The van der Waals surface area contributed by atoms with Crippen LogP contribution in [-0.2, 0) is 27.2 Å². The number of ether oxygens (including phenoxy) is 1. The predicted molar refractivity (Wildman–Crippen MR) is 97.7 cm³/mol. The molecule has 1 amide bonds. The Morgan fingerprint density at radius 2 is 1.88 bits per heavy atom. The van der Waals surface area contributed by atoms with Crippen LogP contribution in [0.2, 0.25) is 0 Å². The first-order valence-electron chi connectivity index (χ1n) is 8.49. The number of anilines is 1. The first-order valence-corrected chi connectivity index (χ1v) is 8.49. The van der Waals surface area contributed by atoms with Crippen LogP contribution >= 0.6 is 0 Å². The lowest BCUT2D eigenvalue weighted by Gasteiger charge is -2.13. The molecule has 0 aliphatic rings. The van der Waals surface area contributed by atoms with E-state index in [0.29, 0.717) is 17.0 Å². The zero-order chi connectivity index (χ0) is 18.5. The number of fused-ring (bicyclic) bond motifs is 1. The minimum absolute atomic E-state index is 0.0557. The number of aromatic nitrogens is 1. The SMILES string of the molecule is CCc1ccc(NC(=O)[C@H](C)OC(=O)Cc2noc3ccccc23)cc1. The zero-order valence-electron chi connectivity index (χ0n) is 14.7. The van der Waals surface area contributed by atoms with E-state index in [0.717, 1.165) is 11.8 Å². The number of rotatable bonds is 6. The molecule has 0 fully saturated rings. The minimum atomic E-state index is -0.911. The van der Waals surface area contributed by atoms with Gasteiger partial charge in [0.2, 0.25) is 0 Å². The number of carbonyl (C=O) groups is 2. The lowest BCUT2D eigenvalue weighted by atomic mass is 10.1.